The highest BCUT2D eigenvalue weighted by atomic mass is 127. The summed E-state index contributed by atoms with van der Waals surface area (Å²) in [5, 5.41) is 3.14. The third-order valence-electron chi connectivity index (χ3n) is 3.53. The molecular formula is C18H12F3IN2OS. The number of benzene rings is 2. The van der Waals surface area contributed by atoms with Gasteiger partial charge in [0.05, 0.1) is 11.1 Å². The normalized spacial score (nSPS) is 11.4. The summed E-state index contributed by atoms with van der Waals surface area (Å²) in [5.74, 6) is -0.269. The summed E-state index contributed by atoms with van der Waals surface area (Å²) in [7, 11) is 0. The maximum atomic E-state index is 12.8. The Balaban J connectivity index is 1.71. The predicted octanol–water partition coefficient (Wildman–Crippen LogP) is 5.61. The summed E-state index contributed by atoms with van der Waals surface area (Å²) in [6, 6.07) is 12.4. The van der Waals surface area contributed by atoms with Crippen molar-refractivity contribution in [1.82, 2.24) is 4.98 Å². The van der Waals surface area contributed by atoms with E-state index in [4.69, 9.17) is 0 Å². The first-order chi connectivity index (χ1) is 12.3. The highest BCUT2D eigenvalue weighted by Crippen LogP contribution is 2.30. The van der Waals surface area contributed by atoms with Gasteiger partial charge in [-0.25, -0.2) is 4.98 Å². The number of carbonyl (C=O) groups is 1. The van der Waals surface area contributed by atoms with Gasteiger partial charge in [0.15, 0.2) is 5.13 Å². The standard InChI is InChI=1S/C18H12F3IN2OS/c19-18(20,21)12-5-3-4-11(8-12)9-13-10-23-17(26-13)24-16(25)14-6-1-2-7-15(14)22/h1-8,10H,9H2,(H,23,24,25). The lowest BCUT2D eigenvalue weighted by Gasteiger charge is -2.07. The van der Waals surface area contributed by atoms with Crippen LogP contribution < -0.4 is 5.32 Å². The van der Waals surface area contributed by atoms with Gasteiger partial charge in [0, 0.05) is 21.1 Å². The van der Waals surface area contributed by atoms with Crippen LogP contribution in [0.2, 0.25) is 0 Å². The molecule has 0 aliphatic heterocycles. The van der Waals surface area contributed by atoms with Crippen molar-refractivity contribution in [2.45, 2.75) is 12.6 Å². The van der Waals surface area contributed by atoms with E-state index in [9.17, 15) is 18.0 Å². The van der Waals surface area contributed by atoms with Crippen LogP contribution in [0.3, 0.4) is 0 Å². The van der Waals surface area contributed by atoms with Crippen LogP contribution in [-0.4, -0.2) is 10.9 Å². The molecule has 1 heterocycles. The van der Waals surface area contributed by atoms with Crippen LogP contribution in [0.5, 0.6) is 0 Å². The van der Waals surface area contributed by atoms with E-state index in [2.05, 4.69) is 32.9 Å². The number of hydrogen-bond acceptors (Lipinski definition) is 3. The van der Waals surface area contributed by atoms with Crippen molar-refractivity contribution in [3.05, 3.63) is 79.9 Å². The molecule has 0 fully saturated rings. The molecule has 1 aromatic heterocycles. The molecule has 0 aliphatic rings. The zero-order valence-corrected chi connectivity index (χ0v) is 16.2. The highest BCUT2D eigenvalue weighted by Gasteiger charge is 2.30. The summed E-state index contributed by atoms with van der Waals surface area (Å²) in [5.41, 5.74) is 0.411. The number of halogens is 4. The number of hydrogen-bond donors (Lipinski definition) is 1. The molecule has 3 aromatic rings. The minimum Gasteiger partial charge on any atom is -0.298 e. The molecule has 3 rings (SSSR count). The van der Waals surface area contributed by atoms with E-state index in [1.165, 1.54) is 17.4 Å². The van der Waals surface area contributed by atoms with Crippen LogP contribution in [0, 0.1) is 3.57 Å². The summed E-state index contributed by atoms with van der Waals surface area (Å²) >= 11 is 3.32. The number of alkyl halides is 3. The van der Waals surface area contributed by atoms with E-state index in [1.54, 1.807) is 24.4 Å². The molecule has 0 spiro atoms. The summed E-state index contributed by atoms with van der Waals surface area (Å²) in [4.78, 5) is 17.2. The quantitative estimate of drug-likeness (QED) is 0.486. The molecule has 134 valence electrons. The Kier molecular flexibility index (Phi) is 5.61. The fraction of sp³-hybridized carbons (Fsp3) is 0.111. The number of nitrogens with one attached hydrogen (secondary N) is 1. The van der Waals surface area contributed by atoms with Crippen LogP contribution >= 0.6 is 33.9 Å². The SMILES string of the molecule is O=C(Nc1ncc(Cc2cccc(C(F)(F)F)c2)s1)c1ccccc1I. The summed E-state index contributed by atoms with van der Waals surface area (Å²) < 4.78 is 39.2. The van der Waals surface area contributed by atoms with Gasteiger partial charge in [0.2, 0.25) is 0 Å². The van der Waals surface area contributed by atoms with Crippen LogP contribution in [0.25, 0.3) is 0 Å². The molecule has 0 saturated heterocycles. The number of carbonyl (C=O) groups excluding carboxylic acids is 1. The summed E-state index contributed by atoms with van der Waals surface area (Å²) in [6.07, 6.45) is -2.48. The third-order valence-corrected chi connectivity index (χ3v) is 5.38. The van der Waals surface area contributed by atoms with Crippen molar-refractivity contribution in [3.63, 3.8) is 0 Å². The molecular weight excluding hydrogens is 476 g/mol. The smallest absolute Gasteiger partial charge is 0.298 e. The Morgan fingerprint density at radius 2 is 1.92 bits per heavy atom. The van der Waals surface area contributed by atoms with Gasteiger partial charge in [0.1, 0.15) is 0 Å². The molecule has 26 heavy (non-hydrogen) atoms. The van der Waals surface area contributed by atoms with Crippen molar-refractivity contribution in [2.24, 2.45) is 0 Å². The fourth-order valence-electron chi connectivity index (χ4n) is 2.32. The minimum atomic E-state index is -4.37. The second-order valence-corrected chi connectivity index (χ2v) is 7.72. The molecule has 3 nitrogen and oxygen atoms in total. The van der Waals surface area contributed by atoms with E-state index < -0.39 is 11.7 Å². The van der Waals surface area contributed by atoms with Gasteiger partial charge >= 0.3 is 6.18 Å². The van der Waals surface area contributed by atoms with E-state index in [0.29, 0.717) is 22.7 Å². The number of rotatable bonds is 4. The highest BCUT2D eigenvalue weighted by molar-refractivity contribution is 14.1. The number of nitrogens with zero attached hydrogens (tertiary/aromatic N) is 1. The Bertz CT molecular complexity index is 940. The molecule has 0 radical (unpaired) electrons. The lowest BCUT2D eigenvalue weighted by atomic mass is 10.1. The topological polar surface area (TPSA) is 42.0 Å². The molecule has 1 N–H and O–H groups in total. The Hall–Kier alpha value is -1.94. The van der Waals surface area contributed by atoms with Crippen molar-refractivity contribution in [2.75, 3.05) is 5.32 Å². The van der Waals surface area contributed by atoms with Crippen molar-refractivity contribution < 1.29 is 18.0 Å². The molecule has 0 bridgehead atoms. The predicted molar refractivity (Wildman–Crippen MR) is 103 cm³/mol. The Morgan fingerprint density at radius 3 is 2.65 bits per heavy atom. The maximum absolute atomic E-state index is 12.8. The lowest BCUT2D eigenvalue weighted by molar-refractivity contribution is -0.137. The number of anilines is 1. The zero-order chi connectivity index (χ0) is 18.7. The molecule has 2 aromatic carbocycles. The first-order valence-corrected chi connectivity index (χ1v) is 9.39. The van der Waals surface area contributed by atoms with Crippen LogP contribution in [0.1, 0.15) is 26.4 Å². The molecule has 0 atom stereocenters. The molecule has 0 aliphatic carbocycles. The fourth-order valence-corrected chi connectivity index (χ4v) is 3.79. The van der Waals surface area contributed by atoms with E-state index in [0.717, 1.165) is 20.6 Å². The number of amides is 1. The number of thiazole rings is 1. The average molecular weight is 488 g/mol. The van der Waals surface area contributed by atoms with E-state index >= 15 is 0 Å². The van der Waals surface area contributed by atoms with Crippen LogP contribution in [0.4, 0.5) is 18.3 Å². The van der Waals surface area contributed by atoms with E-state index in [-0.39, 0.29) is 5.91 Å². The first kappa shape index (κ1) is 18.8. The van der Waals surface area contributed by atoms with Gasteiger partial charge in [-0.05, 0) is 46.4 Å². The van der Waals surface area contributed by atoms with Gasteiger partial charge < -0.3 is 0 Å². The Morgan fingerprint density at radius 1 is 1.15 bits per heavy atom. The van der Waals surface area contributed by atoms with Gasteiger partial charge in [-0.15, -0.1) is 11.3 Å². The molecule has 8 heteroatoms. The van der Waals surface area contributed by atoms with Crippen LogP contribution in [-0.2, 0) is 12.6 Å². The lowest BCUT2D eigenvalue weighted by Crippen LogP contribution is -2.12. The maximum Gasteiger partial charge on any atom is 0.416 e. The number of aromatic nitrogens is 1. The first-order valence-electron chi connectivity index (χ1n) is 7.49. The summed E-state index contributed by atoms with van der Waals surface area (Å²) in [6.45, 7) is 0. The van der Waals surface area contributed by atoms with E-state index in [1.807, 2.05) is 12.1 Å². The largest absolute Gasteiger partial charge is 0.416 e. The zero-order valence-electron chi connectivity index (χ0n) is 13.2. The molecule has 0 saturated carbocycles. The monoisotopic (exact) mass is 488 g/mol. The van der Waals surface area contributed by atoms with Crippen molar-refractivity contribution in [3.8, 4) is 0 Å². The Labute approximate surface area is 165 Å². The van der Waals surface area contributed by atoms with Gasteiger partial charge in [-0.1, -0.05) is 30.3 Å². The second kappa shape index (κ2) is 7.75. The van der Waals surface area contributed by atoms with Gasteiger partial charge in [0.25, 0.3) is 5.91 Å². The molecule has 0 unspecified atom stereocenters. The van der Waals surface area contributed by atoms with Crippen molar-refractivity contribution >= 4 is 45.0 Å². The second-order valence-electron chi connectivity index (χ2n) is 5.44. The van der Waals surface area contributed by atoms with Gasteiger partial charge in [-0.2, -0.15) is 13.2 Å². The third kappa shape index (κ3) is 4.61. The molecule has 1 amide bonds. The van der Waals surface area contributed by atoms with Gasteiger partial charge in [-0.3, -0.25) is 10.1 Å². The van der Waals surface area contributed by atoms with Crippen molar-refractivity contribution in [1.29, 1.82) is 0 Å². The average Bonchev–Trinajstić information content (AvgIpc) is 3.01. The minimum absolute atomic E-state index is 0.269. The van der Waals surface area contributed by atoms with Crippen LogP contribution in [0.15, 0.2) is 54.7 Å².